The van der Waals surface area contributed by atoms with E-state index < -0.39 is 0 Å². The molecule has 0 atom stereocenters. The van der Waals surface area contributed by atoms with E-state index >= 15 is 0 Å². The van der Waals surface area contributed by atoms with E-state index in [4.69, 9.17) is 0 Å². The molecule has 1 saturated carbocycles. The molecule has 1 aliphatic carbocycles. The van der Waals surface area contributed by atoms with Gasteiger partial charge in [-0.05, 0) is 26.2 Å². The molecular formula is C11H19NS. The van der Waals surface area contributed by atoms with Crippen molar-refractivity contribution in [2.24, 2.45) is 0 Å². The summed E-state index contributed by atoms with van der Waals surface area (Å²) in [6.45, 7) is 8.36. The van der Waals surface area contributed by atoms with Crippen LogP contribution in [0.2, 0.25) is 0 Å². The van der Waals surface area contributed by atoms with Crippen molar-refractivity contribution in [1.82, 2.24) is 4.98 Å². The van der Waals surface area contributed by atoms with Gasteiger partial charge in [0, 0.05) is 16.5 Å². The third-order valence-corrected chi connectivity index (χ3v) is 3.83. The minimum atomic E-state index is 0.561. The molecule has 0 amide bonds. The van der Waals surface area contributed by atoms with E-state index in [0.717, 1.165) is 0 Å². The Morgan fingerprint density at radius 3 is 2.38 bits per heavy atom. The molecule has 74 valence electrons. The second kappa shape index (κ2) is 4.23. The van der Waals surface area contributed by atoms with Gasteiger partial charge in [0.1, 0.15) is 0 Å². The lowest BCUT2D eigenvalue weighted by atomic mass is 10.0. The molecule has 0 saturated heterocycles. The maximum Gasteiger partial charge on any atom is 0.0896 e. The average molecular weight is 197 g/mol. The summed E-state index contributed by atoms with van der Waals surface area (Å²) >= 11 is 1.87. The molecule has 0 aromatic carbocycles. The largest absolute Gasteiger partial charge is 0.250 e. The van der Waals surface area contributed by atoms with Gasteiger partial charge >= 0.3 is 0 Å². The van der Waals surface area contributed by atoms with E-state index in [1.807, 2.05) is 25.2 Å². The Morgan fingerprint density at radius 1 is 1.46 bits per heavy atom. The molecule has 0 spiro atoms. The fourth-order valence-corrected chi connectivity index (χ4v) is 2.63. The zero-order valence-electron chi connectivity index (χ0n) is 9.05. The third-order valence-electron chi connectivity index (χ3n) is 2.67. The van der Waals surface area contributed by atoms with Gasteiger partial charge in [0.25, 0.3) is 0 Å². The van der Waals surface area contributed by atoms with Crippen molar-refractivity contribution < 1.29 is 0 Å². The lowest BCUT2D eigenvalue weighted by Gasteiger charge is -2.06. The summed E-state index contributed by atoms with van der Waals surface area (Å²) in [4.78, 5) is 5.80. The van der Waals surface area contributed by atoms with E-state index in [-0.39, 0.29) is 0 Å². The Balaban J connectivity index is 0.000000396. The van der Waals surface area contributed by atoms with Crippen molar-refractivity contribution >= 4 is 11.3 Å². The summed E-state index contributed by atoms with van der Waals surface area (Å²) in [5.41, 5.74) is 0.561. The Kier molecular flexibility index (Phi) is 3.48. The SMILES string of the molecule is CC.CCC1(c2cnc(C)s2)CC1. The van der Waals surface area contributed by atoms with E-state index in [9.17, 15) is 0 Å². The topological polar surface area (TPSA) is 12.9 Å². The molecule has 1 heterocycles. The molecule has 0 aliphatic heterocycles. The molecule has 1 aromatic rings. The van der Waals surface area contributed by atoms with Crippen LogP contribution in [0.3, 0.4) is 0 Å². The van der Waals surface area contributed by atoms with Gasteiger partial charge in [-0.15, -0.1) is 11.3 Å². The Morgan fingerprint density at radius 2 is 2.08 bits per heavy atom. The predicted molar refractivity (Wildman–Crippen MR) is 59.4 cm³/mol. The molecule has 13 heavy (non-hydrogen) atoms. The minimum Gasteiger partial charge on any atom is -0.250 e. The molecular weight excluding hydrogens is 178 g/mol. The fourth-order valence-electron chi connectivity index (χ4n) is 1.53. The fraction of sp³-hybridized carbons (Fsp3) is 0.727. The summed E-state index contributed by atoms with van der Waals surface area (Å²) < 4.78 is 0. The monoisotopic (exact) mass is 197 g/mol. The summed E-state index contributed by atoms with van der Waals surface area (Å²) in [6, 6.07) is 0. The molecule has 1 nitrogen and oxygen atoms in total. The molecule has 1 aliphatic rings. The first kappa shape index (κ1) is 10.7. The zero-order valence-corrected chi connectivity index (χ0v) is 9.87. The van der Waals surface area contributed by atoms with Crippen LogP contribution in [0, 0.1) is 6.92 Å². The number of hydrogen-bond acceptors (Lipinski definition) is 2. The number of aromatic nitrogens is 1. The van der Waals surface area contributed by atoms with Gasteiger partial charge in [0.05, 0.1) is 5.01 Å². The Labute approximate surface area is 85.2 Å². The van der Waals surface area contributed by atoms with Crippen molar-refractivity contribution in [3.05, 3.63) is 16.1 Å². The van der Waals surface area contributed by atoms with Crippen molar-refractivity contribution in [2.45, 2.75) is 52.4 Å². The first-order chi connectivity index (χ1) is 6.27. The number of rotatable bonds is 2. The first-order valence-corrected chi connectivity index (χ1v) is 6.01. The second-order valence-corrected chi connectivity index (χ2v) is 4.61. The minimum absolute atomic E-state index is 0.561. The Bertz CT molecular complexity index is 261. The quantitative estimate of drug-likeness (QED) is 0.700. The van der Waals surface area contributed by atoms with E-state index in [1.54, 1.807) is 0 Å². The van der Waals surface area contributed by atoms with Gasteiger partial charge in [0.2, 0.25) is 0 Å². The highest BCUT2D eigenvalue weighted by molar-refractivity contribution is 7.11. The van der Waals surface area contributed by atoms with Crippen LogP contribution < -0.4 is 0 Å². The molecule has 0 N–H and O–H groups in total. The number of thiazole rings is 1. The van der Waals surface area contributed by atoms with E-state index in [1.165, 1.54) is 29.1 Å². The summed E-state index contributed by atoms with van der Waals surface area (Å²) in [5.74, 6) is 0. The zero-order chi connectivity index (χ0) is 9.90. The maximum absolute atomic E-state index is 4.29. The average Bonchev–Trinajstić information content (AvgIpc) is 2.87. The van der Waals surface area contributed by atoms with Crippen molar-refractivity contribution in [3.63, 3.8) is 0 Å². The van der Waals surface area contributed by atoms with Crippen molar-refractivity contribution in [3.8, 4) is 0 Å². The van der Waals surface area contributed by atoms with Gasteiger partial charge in [-0.2, -0.15) is 0 Å². The third kappa shape index (κ3) is 2.11. The smallest absolute Gasteiger partial charge is 0.0896 e. The lowest BCUT2D eigenvalue weighted by molar-refractivity contribution is 0.676. The molecule has 1 aromatic heterocycles. The first-order valence-electron chi connectivity index (χ1n) is 5.20. The summed E-state index contributed by atoms with van der Waals surface area (Å²) in [6.07, 6.45) is 6.11. The molecule has 2 rings (SSSR count). The highest BCUT2D eigenvalue weighted by Gasteiger charge is 2.43. The van der Waals surface area contributed by atoms with Gasteiger partial charge in [-0.3, -0.25) is 0 Å². The van der Waals surface area contributed by atoms with Crippen LogP contribution in [0.5, 0.6) is 0 Å². The van der Waals surface area contributed by atoms with Crippen molar-refractivity contribution in [1.29, 1.82) is 0 Å². The second-order valence-electron chi connectivity index (χ2n) is 3.38. The number of nitrogens with zero attached hydrogens (tertiary/aromatic N) is 1. The van der Waals surface area contributed by atoms with E-state index in [0.29, 0.717) is 5.41 Å². The van der Waals surface area contributed by atoms with Gasteiger partial charge in [-0.1, -0.05) is 20.8 Å². The van der Waals surface area contributed by atoms with Crippen LogP contribution in [0.15, 0.2) is 6.20 Å². The van der Waals surface area contributed by atoms with Gasteiger partial charge < -0.3 is 0 Å². The lowest BCUT2D eigenvalue weighted by Crippen LogP contribution is -2.00. The highest BCUT2D eigenvalue weighted by Crippen LogP contribution is 2.52. The standard InChI is InChI=1S/C9H13NS.C2H6/c1-3-9(4-5-9)8-6-10-7(2)11-8;1-2/h6H,3-5H2,1-2H3;1-2H3. The molecule has 0 bridgehead atoms. The van der Waals surface area contributed by atoms with Crippen LogP contribution in [0.4, 0.5) is 0 Å². The number of aryl methyl sites for hydroxylation is 1. The number of hydrogen-bond donors (Lipinski definition) is 0. The Hall–Kier alpha value is -0.370. The molecule has 1 fully saturated rings. The normalized spacial score (nSPS) is 17.5. The van der Waals surface area contributed by atoms with Crippen LogP contribution in [0.1, 0.15) is 49.9 Å². The van der Waals surface area contributed by atoms with Crippen LogP contribution >= 0.6 is 11.3 Å². The van der Waals surface area contributed by atoms with Gasteiger partial charge in [-0.25, -0.2) is 4.98 Å². The maximum atomic E-state index is 4.29. The molecule has 2 heteroatoms. The predicted octanol–water partition coefficient (Wildman–Crippen LogP) is 3.92. The van der Waals surface area contributed by atoms with Crippen LogP contribution in [-0.2, 0) is 5.41 Å². The molecule has 0 unspecified atom stereocenters. The highest BCUT2D eigenvalue weighted by atomic mass is 32.1. The van der Waals surface area contributed by atoms with Crippen LogP contribution in [-0.4, -0.2) is 4.98 Å². The van der Waals surface area contributed by atoms with Crippen LogP contribution in [0.25, 0.3) is 0 Å². The van der Waals surface area contributed by atoms with Crippen molar-refractivity contribution in [2.75, 3.05) is 0 Å². The summed E-state index contributed by atoms with van der Waals surface area (Å²) in [5, 5.41) is 1.21. The van der Waals surface area contributed by atoms with E-state index in [2.05, 4.69) is 25.0 Å². The summed E-state index contributed by atoms with van der Waals surface area (Å²) in [7, 11) is 0. The molecule has 0 radical (unpaired) electrons. The van der Waals surface area contributed by atoms with Gasteiger partial charge in [0.15, 0.2) is 0 Å².